The lowest BCUT2D eigenvalue weighted by atomic mass is 10.3. The minimum Gasteiger partial charge on any atom is -0.475 e. The molecule has 0 bridgehead atoms. The number of halogens is 4. The minimum atomic E-state index is -4.48. The van der Waals surface area contributed by atoms with Crippen LogP contribution in [-0.2, 0) is 6.18 Å². The number of likely N-dealkylation sites (tertiary alicyclic amines) is 1. The van der Waals surface area contributed by atoms with Crippen molar-refractivity contribution in [2.45, 2.75) is 25.9 Å². The fourth-order valence-corrected chi connectivity index (χ4v) is 2.56. The molecule has 1 aliphatic rings. The number of pyridine rings is 1. The normalized spacial score (nSPS) is 15.7. The van der Waals surface area contributed by atoms with Crippen molar-refractivity contribution in [3.63, 3.8) is 0 Å². The first kappa shape index (κ1) is 18.6. The number of hydrogen-bond donors (Lipinski definition) is 1. The van der Waals surface area contributed by atoms with Gasteiger partial charge in [-0.2, -0.15) is 13.2 Å². The third-order valence-electron chi connectivity index (χ3n) is 3.47. The average Bonchev–Trinajstić information content (AvgIpc) is 3.05. The number of aliphatic imine (C=N–C) groups is 1. The van der Waals surface area contributed by atoms with Crippen LogP contribution in [0.25, 0.3) is 0 Å². The summed E-state index contributed by atoms with van der Waals surface area (Å²) < 4.78 is 43.0. The second kappa shape index (κ2) is 8.41. The van der Waals surface area contributed by atoms with Gasteiger partial charge in [0.05, 0.1) is 12.1 Å². The Morgan fingerprint density at radius 2 is 2.12 bits per heavy atom. The molecule has 1 saturated heterocycles. The van der Waals surface area contributed by atoms with Crippen molar-refractivity contribution in [2.75, 3.05) is 32.8 Å². The van der Waals surface area contributed by atoms with E-state index >= 15 is 0 Å². The fourth-order valence-electron chi connectivity index (χ4n) is 2.34. The van der Waals surface area contributed by atoms with Gasteiger partial charge in [0.1, 0.15) is 11.6 Å². The Labute approximate surface area is 143 Å². The maximum Gasteiger partial charge on any atom is 0.417 e. The Bertz CT molecular complexity index is 574. The molecule has 0 aromatic carbocycles. The van der Waals surface area contributed by atoms with E-state index in [1.165, 1.54) is 0 Å². The van der Waals surface area contributed by atoms with Gasteiger partial charge in [-0.25, -0.2) is 9.98 Å². The van der Waals surface area contributed by atoms with Crippen LogP contribution in [0.2, 0.25) is 5.02 Å². The van der Waals surface area contributed by atoms with Crippen LogP contribution in [0.15, 0.2) is 17.3 Å². The summed E-state index contributed by atoms with van der Waals surface area (Å²) in [5.74, 6) is 0.802. The van der Waals surface area contributed by atoms with Crippen LogP contribution in [0.3, 0.4) is 0 Å². The van der Waals surface area contributed by atoms with Gasteiger partial charge in [0, 0.05) is 25.8 Å². The molecule has 2 rings (SSSR count). The van der Waals surface area contributed by atoms with Gasteiger partial charge in [-0.3, -0.25) is 0 Å². The first-order chi connectivity index (χ1) is 11.4. The number of aromatic nitrogens is 1. The standard InChI is InChI=1S/C15H20ClF3N4O/c1-2-20-14(23-6-3-4-7-23)21-5-8-24-13-12(16)9-11(10-22-13)15(17,18)19/h9-10H,2-8H2,1H3,(H,20,21). The van der Waals surface area contributed by atoms with E-state index in [0.29, 0.717) is 12.7 Å². The second-order valence-electron chi connectivity index (χ2n) is 5.29. The van der Waals surface area contributed by atoms with E-state index in [1.54, 1.807) is 0 Å². The van der Waals surface area contributed by atoms with Gasteiger partial charge < -0.3 is 15.0 Å². The summed E-state index contributed by atoms with van der Waals surface area (Å²) in [6.45, 7) is 5.24. The third kappa shape index (κ3) is 5.15. The number of alkyl halides is 3. The van der Waals surface area contributed by atoms with Crippen molar-refractivity contribution < 1.29 is 17.9 Å². The predicted molar refractivity (Wildman–Crippen MR) is 86.5 cm³/mol. The van der Waals surface area contributed by atoms with Gasteiger partial charge in [0.15, 0.2) is 5.96 Å². The van der Waals surface area contributed by atoms with E-state index in [-0.39, 0.29) is 17.5 Å². The molecule has 9 heteroatoms. The topological polar surface area (TPSA) is 49.8 Å². The largest absolute Gasteiger partial charge is 0.475 e. The first-order valence-corrected chi connectivity index (χ1v) is 8.18. The quantitative estimate of drug-likeness (QED) is 0.495. The third-order valence-corrected chi connectivity index (χ3v) is 3.74. The zero-order chi connectivity index (χ0) is 17.6. The Hall–Kier alpha value is -1.70. The Balaban J connectivity index is 1.89. The van der Waals surface area contributed by atoms with Crippen LogP contribution in [0.5, 0.6) is 5.88 Å². The maximum atomic E-state index is 12.5. The monoisotopic (exact) mass is 364 g/mol. The van der Waals surface area contributed by atoms with Gasteiger partial charge in [0.25, 0.3) is 0 Å². The molecule has 0 unspecified atom stereocenters. The summed E-state index contributed by atoms with van der Waals surface area (Å²) in [6, 6.07) is 0.807. The Kier molecular flexibility index (Phi) is 6.53. The molecule has 0 saturated carbocycles. The molecule has 134 valence electrons. The molecule has 0 atom stereocenters. The first-order valence-electron chi connectivity index (χ1n) is 7.80. The minimum absolute atomic E-state index is 0.0222. The van der Waals surface area contributed by atoms with E-state index < -0.39 is 11.7 Å². The Morgan fingerprint density at radius 3 is 2.71 bits per heavy atom. The van der Waals surface area contributed by atoms with Crippen molar-refractivity contribution in [2.24, 2.45) is 4.99 Å². The van der Waals surface area contributed by atoms with E-state index in [0.717, 1.165) is 44.5 Å². The smallest absolute Gasteiger partial charge is 0.417 e. The van der Waals surface area contributed by atoms with Gasteiger partial charge in [0.2, 0.25) is 5.88 Å². The summed E-state index contributed by atoms with van der Waals surface area (Å²) >= 11 is 5.79. The molecule has 1 aromatic rings. The highest BCUT2D eigenvalue weighted by Gasteiger charge is 2.31. The highest BCUT2D eigenvalue weighted by molar-refractivity contribution is 6.31. The number of guanidine groups is 1. The molecule has 1 N–H and O–H groups in total. The predicted octanol–water partition coefficient (Wildman–Crippen LogP) is 3.19. The molecule has 24 heavy (non-hydrogen) atoms. The molecule has 0 aliphatic carbocycles. The van der Waals surface area contributed by atoms with Crippen molar-refractivity contribution in [1.29, 1.82) is 0 Å². The zero-order valence-electron chi connectivity index (χ0n) is 13.4. The molecule has 5 nitrogen and oxygen atoms in total. The van der Waals surface area contributed by atoms with Crippen LogP contribution in [0, 0.1) is 0 Å². The second-order valence-corrected chi connectivity index (χ2v) is 5.69. The molecular weight excluding hydrogens is 345 g/mol. The van der Waals surface area contributed by atoms with E-state index in [4.69, 9.17) is 16.3 Å². The summed E-state index contributed by atoms with van der Waals surface area (Å²) in [5.41, 5.74) is -0.902. The molecule has 0 radical (unpaired) electrons. The highest BCUT2D eigenvalue weighted by Crippen LogP contribution is 2.32. The van der Waals surface area contributed by atoms with Crippen LogP contribution in [0.1, 0.15) is 25.3 Å². The van der Waals surface area contributed by atoms with Crippen molar-refractivity contribution in [3.05, 3.63) is 22.8 Å². The molecule has 2 heterocycles. The van der Waals surface area contributed by atoms with Gasteiger partial charge >= 0.3 is 6.18 Å². The lowest BCUT2D eigenvalue weighted by molar-refractivity contribution is -0.137. The van der Waals surface area contributed by atoms with Crippen LogP contribution in [0.4, 0.5) is 13.2 Å². The molecule has 0 spiro atoms. The van der Waals surface area contributed by atoms with Crippen LogP contribution < -0.4 is 10.1 Å². The fraction of sp³-hybridized carbons (Fsp3) is 0.600. The average molecular weight is 365 g/mol. The molecule has 1 fully saturated rings. The number of rotatable bonds is 5. The molecular formula is C15H20ClF3N4O. The summed E-state index contributed by atoms with van der Waals surface area (Å²) in [7, 11) is 0. The molecule has 1 aromatic heterocycles. The number of hydrogen-bond acceptors (Lipinski definition) is 3. The lowest BCUT2D eigenvalue weighted by Crippen LogP contribution is -2.39. The van der Waals surface area contributed by atoms with Crippen LogP contribution in [-0.4, -0.2) is 48.6 Å². The van der Waals surface area contributed by atoms with E-state index in [9.17, 15) is 13.2 Å². The zero-order valence-corrected chi connectivity index (χ0v) is 14.1. The summed E-state index contributed by atoms with van der Waals surface area (Å²) in [6.07, 6.45) is -1.48. The van der Waals surface area contributed by atoms with Crippen molar-refractivity contribution in [3.8, 4) is 5.88 Å². The van der Waals surface area contributed by atoms with Gasteiger partial charge in [-0.05, 0) is 25.8 Å². The Morgan fingerprint density at radius 1 is 1.42 bits per heavy atom. The van der Waals surface area contributed by atoms with Gasteiger partial charge in [-0.15, -0.1) is 0 Å². The van der Waals surface area contributed by atoms with Crippen LogP contribution >= 0.6 is 11.6 Å². The number of nitrogens with zero attached hydrogens (tertiary/aromatic N) is 3. The summed E-state index contributed by atoms with van der Waals surface area (Å²) in [4.78, 5) is 10.3. The summed E-state index contributed by atoms with van der Waals surface area (Å²) in [5, 5.41) is 3.05. The van der Waals surface area contributed by atoms with E-state index in [1.807, 2.05) is 6.92 Å². The maximum absolute atomic E-state index is 12.5. The van der Waals surface area contributed by atoms with Gasteiger partial charge in [-0.1, -0.05) is 11.6 Å². The number of nitrogens with one attached hydrogen (secondary N) is 1. The highest BCUT2D eigenvalue weighted by atomic mass is 35.5. The number of ether oxygens (including phenoxy) is 1. The SMILES string of the molecule is CCNC(=NCCOc1ncc(C(F)(F)F)cc1Cl)N1CCCC1. The molecule has 1 aliphatic heterocycles. The van der Waals surface area contributed by atoms with E-state index in [2.05, 4.69) is 20.2 Å². The van der Waals surface area contributed by atoms with Crippen molar-refractivity contribution in [1.82, 2.24) is 15.2 Å². The molecule has 0 amide bonds. The lowest BCUT2D eigenvalue weighted by Gasteiger charge is -2.20. The van der Waals surface area contributed by atoms with Crippen molar-refractivity contribution >= 4 is 17.6 Å².